The average molecular weight is 749 g/mol. The van der Waals surface area contributed by atoms with Crippen LogP contribution in [0.3, 0.4) is 0 Å². The van der Waals surface area contributed by atoms with Gasteiger partial charge in [-0.05, 0) is 0 Å². The first-order valence-corrected chi connectivity index (χ1v) is 15.7. The Hall–Kier alpha value is -2.31. The third-order valence-corrected chi connectivity index (χ3v) is 8.09. The van der Waals surface area contributed by atoms with Gasteiger partial charge in [0.2, 0.25) is 11.8 Å². The smallest absolute Gasteiger partial charge is 0.257 e. The van der Waals surface area contributed by atoms with Crippen molar-refractivity contribution in [2.24, 2.45) is 5.73 Å². The zero-order valence-corrected chi connectivity index (χ0v) is 27.4. The van der Waals surface area contributed by atoms with Crippen LogP contribution in [0.15, 0.2) is 0 Å². The van der Waals surface area contributed by atoms with Crippen molar-refractivity contribution in [3.8, 4) is 0 Å². The molecule has 3 fully saturated rings. The summed E-state index contributed by atoms with van der Waals surface area (Å²) in [6.45, 7) is -4.12. The molecular weight excluding hydrogens is 700 g/mol. The average Bonchev–Trinajstić information content (AvgIpc) is 3.08. The molecule has 3 amide bonds. The summed E-state index contributed by atoms with van der Waals surface area (Å²) in [7, 11) is 1.19. The number of hydrogen-bond donors (Lipinski definition) is 13. The molecule has 0 unspecified atom stereocenters. The van der Waals surface area contributed by atoms with Crippen LogP contribution in [0.5, 0.6) is 0 Å². The second kappa shape index (κ2) is 20.2. The van der Waals surface area contributed by atoms with Crippen molar-refractivity contribution >= 4 is 17.7 Å². The minimum atomic E-state index is -1.93. The largest absolute Gasteiger partial charge is 0.394 e. The van der Waals surface area contributed by atoms with Gasteiger partial charge in [-0.2, -0.15) is 0 Å². The predicted molar refractivity (Wildman–Crippen MR) is 159 cm³/mol. The predicted octanol–water partition coefficient (Wildman–Crippen LogP) is -9.97. The lowest BCUT2D eigenvalue weighted by Gasteiger charge is -2.46. The summed E-state index contributed by atoms with van der Waals surface area (Å²) in [6.07, 6.45) is -25.7. The number of rotatable bonds is 18. The maximum absolute atomic E-state index is 12.5. The summed E-state index contributed by atoms with van der Waals surface area (Å²) >= 11 is 0. The van der Waals surface area contributed by atoms with Gasteiger partial charge in [0.1, 0.15) is 73.2 Å². The zero-order chi connectivity index (χ0) is 38.0. The lowest BCUT2D eigenvalue weighted by molar-refractivity contribution is -0.366. The third-order valence-electron chi connectivity index (χ3n) is 8.09. The molecule has 14 N–H and O–H groups in total. The fourth-order valence-corrected chi connectivity index (χ4v) is 5.43. The first kappa shape index (κ1) is 43.1. The van der Waals surface area contributed by atoms with Crippen molar-refractivity contribution in [3.05, 3.63) is 0 Å². The van der Waals surface area contributed by atoms with Crippen molar-refractivity contribution in [1.29, 1.82) is 0 Å². The van der Waals surface area contributed by atoms with Crippen LogP contribution in [0.2, 0.25) is 0 Å². The van der Waals surface area contributed by atoms with Crippen LogP contribution in [0, 0.1) is 0 Å². The van der Waals surface area contributed by atoms with Gasteiger partial charge in [0, 0.05) is 6.54 Å². The van der Waals surface area contributed by atoms with Crippen molar-refractivity contribution in [2.75, 3.05) is 59.7 Å². The second-order valence-electron chi connectivity index (χ2n) is 11.9. The van der Waals surface area contributed by atoms with E-state index in [2.05, 4.69) is 10.2 Å². The Morgan fingerprint density at radius 2 is 1.20 bits per heavy atom. The van der Waals surface area contributed by atoms with Crippen molar-refractivity contribution in [3.63, 3.8) is 0 Å². The third kappa shape index (κ3) is 11.6. The topological polar surface area (TPSA) is 371 Å². The monoisotopic (exact) mass is 748 g/mol. The number of nitrogens with zero attached hydrogens (tertiary/aromatic N) is 1. The van der Waals surface area contributed by atoms with Gasteiger partial charge in [-0.1, -0.05) is 0 Å². The Morgan fingerprint density at radius 1 is 0.667 bits per heavy atom. The number of aliphatic hydroxyl groups is 10. The highest BCUT2D eigenvalue weighted by Crippen LogP contribution is 2.31. The summed E-state index contributed by atoms with van der Waals surface area (Å²) in [5.74, 6) is -2.14. The normalized spacial score (nSPS) is 38.7. The summed E-state index contributed by atoms with van der Waals surface area (Å²) in [5.41, 5.74) is 7.21. The Labute approximate surface area is 290 Å². The Bertz CT molecular complexity index is 1110. The van der Waals surface area contributed by atoms with Crippen LogP contribution < -0.4 is 16.5 Å². The Kier molecular flexibility index (Phi) is 17.1. The van der Waals surface area contributed by atoms with E-state index in [0.717, 1.165) is 4.90 Å². The Balaban J connectivity index is 1.68. The highest BCUT2D eigenvalue weighted by molar-refractivity contribution is 5.83. The number of primary amides is 1. The standard InChI is InChI=1S/C27H48N4O20/c1-45-30-15(36)6-31(4-13(28)34)5-14(35)29-2-3-46-26-23(44)24(51-27-22(43)20(41)17(38)11(8-33)49-27)18(39)12(50-26)9-47-25-21(42)19(40)16(37)10(7-32)48-25/h10-12,16-27,32-33,37-44H,2-9H2,1H3,(H2,28,34)(H,29,35)(H,30,36)/t10-,11-,12-,16-,17-,18-,19+,20+,21+,22+,23+,24+,25+,26+,27-/m1/s1. The molecule has 24 heteroatoms. The van der Waals surface area contributed by atoms with Gasteiger partial charge >= 0.3 is 0 Å². The second-order valence-corrected chi connectivity index (χ2v) is 11.9. The van der Waals surface area contributed by atoms with E-state index < -0.39 is 149 Å². The van der Waals surface area contributed by atoms with Gasteiger partial charge in [0.25, 0.3) is 5.91 Å². The first-order valence-electron chi connectivity index (χ1n) is 15.7. The summed E-state index contributed by atoms with van der Waals surface area (Å²) in [4.78, 5) is 41.3. The van der Waals surface area contributed by atoms with E-state index in [-0.39, 0.29) is 13.2 Å². The lowest BCUT2D eigenvalue weighted by Crippen LogP contribution is -2.65. The molecule has 0 spiro atoms. The number of aliphatic hydroxyl groups excluding tert-OH is 10. The molecule has 0 aliphatic carbocycles. The van der Waals surface area contributed by atoms with Gasteiger partial charge in [-0.3, -0.25) is 24.1 Å². The quantitative estimate of drug-likeness (QED) is 0.0457. The molecule has 3 aliphatic rings. The summed E-state index contributed by atoms with van der Waals surface area (Å²) in [5, 5.41) is 105. The van der Waals surface area contributed by atoms with Crippen LogP contribution in [0.25, 0.3) is 0 Å². The van der Waals surface area contributed by atoms with Crippen molar-refractivity contribution < 1.29 is 98.7 Å². The van der Waals surface area contributed by atoms with Gasteiger partial charge < -0.3 is 90.5 Å². The SMILES string of the molecule is CONC(=O)CN(CC(N)=O)CC(=O)NCCO[C@H]1O[C@H](CO[C@H]2O[C@H](CO)[C@@H](O)[C@H](O)[C@@H]2O)[C@@H](O)[C@H](O[C@H]2O[C@H](CO)[C@@H](O)[C@H](O)[C@@H]2O)[C@@H]1O. The van der Waals surface area contributed by atoms with E-state index in [1.165, 1.54) is 7.11 Å². The van der Waals surface area contributed by atoms with Crippen LogP contribution in [-0.2, 0) is 47.6 Å². The molecule has 3 heterocycles. The van der Waals surface area contributed by atoms with Gasteiger partial charge in [-0.15, -0.1) is 0 Å². The summed E-state index contributed by atoms with van der Waals surface area (Å²) in [6, 6.07) is 0. The van der Waals surface area contributed by atoms with Crippen LogP contribution >= 0.6 is 0 Å². The first-order chi connectivity index (χ1) is 24.1. The van der Waals surface area contributed by atoms with E-state index in [4.69, 9.17) is 34.2 Å². The highest BCUT2D eigenvalue weighted by Gasteiger charge is 2.52. The Morgan fingerprint density at radius 3 is 1.76 bits per heavy atom. The minimum Gasteiger partial charge on any atom is -0.394 e. The minimum absolute atomic E-state index is 0.229. The highest BCUT2D eigenvalue weighted by atomic mass is 16.7. The van der Waals surface area contributed by atoms with Crippen LogP contribution in [0.1, 0.15) is 0 Å². The van der Waals surface area contributed by atoms with E-state index in [0.29, 0.717) is 0 Å². The molecule has 0 aromatic carbocycles. The van der Waals surface area contributed by atoms with E-state index >= 15 is 0 Å². The molecule has 3 saturated heterocycles. The molecule has 0 aromatic rings. The van der Waals surface area contributed by atoms with Crippen LogP contribution in [-0.4, -0.2) is 226 Å². The number of amides is 3. The number of hydrogen-bond acceptors (Lipinski definition) is 21. The molecule has 24 nitrogen and oxygen atoms in total. The zero-order valence-electron chi connectivity index (χ0n) is 27.4. The number of nitrogens with two attached hydrogens (primary N) is 1. The maximum Gasteiger partial charge on any atom is 0.257 e. The molecule has 0 bridgehead atoms. The van der Waals surface area contributed by atoms with E-state index in [1.807, 2.05) is 5.48 Å². The molecule has 51 heavy (non-hydrogen) atoms. The molecular formula is C27H48N4O20. The molecule has 296 valence electrons. The molecule has 0 aromatic heterocycles. The molecule has 0 radical (unpaired) electrons. The number of nitrogens with one attached hydrogen (secondary N) is 2. The number of carbonyl (C=O) groups excluding carboxylic acids is 3. The van der Waals surface area contributed by atoms with E-state index in [1.54, 1.807) is 0 Å². The van der Waals surface area contributed by atoms with Crippen molar-refractivity contribution in [2.45, 2.75) is 92.1 Å². The lowest BCUT2D eigenvalue weighted by atomic mass is 9.96. The van der Waals surface area contributed by atoms with Gasteiger partial charge in [0.05, 0.1) is 53.2 Å². The fourth-order valence-electron chi connectivity index (χ4n) is 5.43. The fraction of sp³-hybridized carbons (Fsp3) is 0.889. The molecule has 15 atom stereocenters. The number of hydroxylamine groups is 1. The molecule has 0 saturated carbocycles. The van der Waals surface area contributed by atoms with E-state index in [9.17, 15) is 65.4 Å². The number of carbonyl (C=O) groups is 3. The van der Waals surface area contributed by atoms with Gasteiger partial charge in [-0.25, -0.2) is 5.48 Å². The maximum atomic E-state index is 12.5. The molecule has 3 aliphatic heterocycles. The van der Waals surface area contributed by atoms with Crippen LogP contribution in [0.4, 0.5) is 0 Å². The number of ether oxygens (including phenoxy) is 6. The summed E-state index contributed by atoms with van der Waals surface area (Å²) < 4.78 is 32.9. The van der Waals surface area contributed by atoms with Gasteiger partial charge in [0.15, 0.2) is 18.9 Å². The molecule has 3 rings (SSSR count). The van der Waals surface area contributed by atoms with Crippen molar-refractivity contribution in [1.82, 2.24) is 15.7 Å².